The van der Waals surface area contributed by atoms with E-state index in [1.807, 2.05) is 22.4 Å². The summed E-state index contributed by atoms with van der Waals surface area (Å²) in [5.74, 6) is 0.524. The first-order chi connectivity index (χ1) is 13.7. The third-order valence-corrected chi connectivity index (χ3v) is 5.56. The fourth-order valence-corrected chi connectivity index (χ4v) is 3.84. The number of nitrogens with one attached hydrogen (secondary N) is 2. The van der Waals surface area contributed by atoms with E-state index in [4.69, 9.17) is 4.42 Å². The van der Waals surface area contributed by atoms with Crippen molar-refractivity contribution in [3.8, 4) is 11.5 Å². The van der Waals surface area contributed by atoms with Crippen molar-refractivity contribution in [1.82, 2.24) is 25.3 Å². The number of carbonyl (C=O) groups is 2. The molecule has 0 aliphatic carbocycles. The lowest BCUT2D eigenvalue weighted by Crippen LogP contribution is -2.50. The molecule has 9 heteroatoms. The lowest BCUT2D eigenvalue weighted by molar-refractivity contribution is 0.0642. The second-order valence-corrected chi connectivity index (χ2v) is 7.46. The zero-order chi connectivity index (χ0) is 19.3. The highest BCUT2D eigenvalue weighted by Gasteiger charge is 2.22. The minimum Gasteiger partial charge on any atom is -0.463 e. The van der Waals surface area contributed by atoms with Gasteiger partial charge in [-0.3, -0.25) is 19.6 Å². The summed E-state index contributed by atoms with van der Waals surface area (Å²) in [6.45, 7) is 4.28. The summed E-state index contributed by atoms with van der Waals surface area (Å²) in [5, 5.41) is 11.6. The van der Waals surface area contributed by atoms with Gasteiger partial charge in [0, 0.05) is 45.3 Å². The van der Waals surface area contributed by atoms with Gasteiger partial charge in [-0.15, -0.1) is 11.3 Å². The minimum absolute atomic E-state index is 0.105. The normalized spacial score (nSPS) is 14.9. The molecule has 2 N–H and O–H groups in total. The standard InChI is InChI=1S/C19H21N5O3S/c25-18(15-13-14(21-22-15)16-3-1-11-27-16)20-5-6-23-7-9-24(10-8-23)19(26)17-4-2-12-28-17/h1-4,11-13H,5-10H2,(H,20,25)(H,21,22). The molecule has 1 aliphatic heterocycles. The van der Waals surface area contributed by atoms with Gasteiger partial charge in [-0.25, -0.2) is 0 Å². The predicted octanol–water partition coefficient (Wildman–Crippen LogP) is 1.92. The first-order valence-electron chi connectivity index (χ1n) is 9.13. The van der Waals surface area contributed by atoms with Gasteiger partial charge in [-0.1, -0.05) is 6.07 Å². The van der Waals surface area contributed by atoms with Crippen molar-refractivity contribution in [3.63, 3.8) is 0 Å². The molecule has 0 atom stereocenters. The number of H-pyrrole nitrogens is 1. The van der Waals surface area contributed by atoms with Gasteiger partial charge in [0.15, 0.2) is 11.5 Å². The maximum Gasteiger partial charge on any atom is 0.271 e. The average Bonchev–Trinajstić information content (AvgIpc) is 3.50. The van der Waals surface area contributed by atoms with Crippen LogP contribution in [-0.4, -0.2) is 71.1 Å². The van der Waals surface area contributed by atoms with Gasteiger partial charge in [0.2, 0.25) is 0 Å². The van der Waals surface area contributed by atoms with Gasteiger partial charge < -0.3 is 14.6 Å². The Morgan fingerprint density at radius 3 is 2.79 bits per heavy atom. The van der Waals surface area contributed by atoms with Crippen LogP contribution in [0.1, 0.15) is 20.2 Å². The summed E-state index contributed by atoms with van der Waals surface area (Å²) >= 11 is 1.47. The molecule has 0 radical (unpaired) electrons. The van der Waals surface area contributed by atoms with Crippen LogP contribution < -0.4 is 5.32 Å². The molecular weight excluding hydrogens is 378 g/mol. The molecular formula is C19H21N5O3S. The molecule has 2 amide bonds. The number of nitrogens with zero attached hydrogens (tertiary/aromatic N) is 3. The quantitative estimate of drug-likeness (QED) is 0.660. The van der Waals surface area contributed by atoms with Crippen molar-refractivity contribution in [2.75, 3.05) is 39.3 Å². The summed E-state index contributed by atoms with van der Waals surface area (Å²) in [5.41, 5.74) is 0.999. The van der Waals surface area contributed by atoms with Crippen molar-refractivity contribution >= 4 is 23.2 Å². The monoisotopic (exact) mass is 399 g/mol. The van der Waals surface area contributed by atoms with E-state index in [9.17, 15) is 9.59 Å². The van der Waals surface area contributed by atoms with Gasteiger partial charge in [-0.2, -0.15) is 5.10 Å². The summed E-state index contributed by atoms with van der Waals surface area (Å²) in [6, 6.07) is 9.01. The van der Waals surface area contributed by atoms with Crippen LogP contribution in [0.3, 0.4) is 0 Å². The SMILES string of the molecule is O=C(NCCN1CCN(C(=O)c2cccs2)CC1)c1cc(-c2ccco2)[nH]n1. The molecule has 0 spiro atoms. The van der Waals surface area contributed by atoms with Crippen LogP contribution in [0, 0.1) is 0 Å². The van der Waals surface area contributed by atoms with Crippen molar-refractivity contribution in [2.24, 2.45) is 0 Å². The van der Waals surface area contributed by atoms with Crippen LogP contribution >= 0.6 is 11.3 Å². The van der Waals surface area contributed by atoms with Crippen LogP contribution in [0.2, 0.25) is 0 Å². The van der Waals surface area contributed by atoms with E-state index in [1.165, 1.54) is 11.3 Å². The number of thiophene rings is 1. The number of aromatic nitrogens is 2. The summed E-state index contributed by atoms with van der Waals surface area (Å²) in [4.78, 5) is 29.5. The Bertz CT molecular complexity index is 911. The number of hydrogen-bond acceptors (Lipinski definition) is 6. The molecule has 0 aromatic carbocycles. The van der Waals surface area contributed by atoms with Gasteiger partial charge in [0.25, 0.3) is 11.8 Å². The summed E-state index contributed by atoms with van der Waals surface area (Å²) in [7, 11) is 0. The first kappa shape index (κ1) is 18.5. The molecule has 0 unspecified atom stereocenters. The van der Waals surface area contributed by atoms with Crippen LogP contribution in [-0.2, 0) is 0 Å². The van der Waals surface area contributed by atoms with E-state index >= 15 is 0 Å². The molecule has 4 rings (SSSR count). The third kappa shape index (κ3) is 4.15. The minimum atomic E-state index is -0.222. The maximum absolute atomic E-state index is 12.4. The lowest BCUT2D eigenvalue weighted by atomic mass is 10.3. The first-order valence-corrected chi connectivity index (χ1v) is 10.0. The van der Waals surface area contributed by atoms with E-state index in [0.29, 0.717) is 36.8 Å². The van der Waals surface area contributed by atoms with Crippen LogP contribution in [0.15, 0.2) is 46.4 Å². The smallest absolute Gasteiger partial charge is 0.271 e. The van der Waals surface area contributed by atoms with E-state index in [-0.39, 0.29) is 11.8 Å². The number of amides is 2. The fraction of sp³-hybridized carbons (Fsp3) is 0.316. The molecule has 4 heterocycles. The Balaban J connectivity index is 1.20. The number of rotatable bonds is 6. The Morgan fingerprint density at radius 2 is 2.07 bits per heavy atom. The van der Waals surface area contributed by atoms with E-state index < -0.39 is 0 Å². The topological polar surface area (TPSA) is 94.5 Å². The molecule has 28 heavy (non-hydrogen) atoms. The second kappa shape index (κ2) is 8.41. The van der Waals surface area contributed by atoms with Crippen molar-refractivity contribution in [2.45, 2.75) is 0 Å². The number of furan rings is 1. The zero-order valence-electron chi connectivity index (χ0n) is 15.3. The average molecular weight is 399 g/mol. The number of carbonyl (C=O) groups excluding carboxylic acids is 2. The Hall–Kier alpha value is -2.91. The predicted molar refractivity (Wildman–Crippen MR) is 105 cm³/mol. The van der Waals surface area contributed by atoms with E-state index in [2.05, 4.69) is 20.4 Å². The van der Waals surface area contributed by atoms with Crippen LogP contribution in [0.25, 0.3) is 11.5 Å². The second-order valence-electron chi connectivity index (χ2n) is 6.51. The van der Waals surface area contributed by atoms with Gasteiger partial charge in [-0.05, 0) is 23.6 Å². The van der Waals surface area contributed by atoms with Gasteiger partial charge in [0.05, 0.1) is 11.1 Å². The van der Waals surface area contributed by atoms with E-state index in [1.54, 1.807) is 24.5 Å². The third-order valence-electron chi connectivity index (χ3n) is 4.70. The molecule has 3 aromatic rings. The molecule has 1 saturated heterocycles. The molecule has 8 nitrogen and oxygen atoms in total. The van der Waals surface area contributed by atoms with Crippen LogP contribution in [0.4, 0.5) is 0 Å². The van der Waals surface area contributed by atoms with Gasteiger partial charge in [0.1, 0.15) is 5.69 Å². The summed E-state index contributed by atoms with van der Waals surface area (Å²) < 4.78 is 5.29. The van der Waals surface area contributed by atoms with Crippen molar-refractivity contribution in [3.05, 3.63) is 52.5 Å². The highest BCUT2D eigenvalue weighted by atomic mass is 32.1. The van der Waals surface area contributed by atoms with Crippen molar-refractivity contribution < 1.29 is 14.0 Å². The largest absolute Gasteiger partial charge is 0.463 e. The molecule has 1 aliphatic rings. The molecule has 3 aromatic heterocycles. The fourth-order valence-electron chi connectivity index (χ4n) is 3.14. The lowest BCUT2D eigenvalue weighted by Gasteiger charge is -2.34. The number of hydrogen-bond donors (Lipinski definition) is 2. The zero-order valence-corrected chi connectivity index (χ0v) is 16.1. The highest BCUT2D eigenvalue weighted by Crippen LogP contribution is 2.17. The maximum atomic E-state index is 12.4. The van der Waals surface area contributed by atoms with Crippen LogP contribution in [0.5, 0.6) is 0 Å². The number of aromatic amines is 1. The summed E-state index contributed by atoms with van der Waals surface area (Å²) in [6.07, 6.45) is 1.57. The molecule has 1 fully saturated rings. The van der Waals surface area contributed by atoms with Crippen molar-refractivity contribution in [1.29, 1.82) is 0 Å². The molecule has 0 saturated carbocycles. The van der Waals surface area contributed by atoms with Gasteiger partial charge >= 0.3 is 0 Å². The Kier molecular flexibility index (Phi) is 5.54. The Labute approximate surface area is 166 Å². The highest BCUT2D eigenvalue weighted by molar-refractivity contribution is 7.12. The van der Waals surface area contributed by atoms with E-state index in [0.717, 1.165) is 24.5 Å². The number of piperazine rings is 1. The molecule has 0 bridgehead atoms. The Morgan fingerprint density at radius 1 is 1.21 bits per heavy atom. The molecule has 146 valence electrons.